The Kier molecular flexibility index (Phi) is 6.71. The molecule has 3 rings (SSSR count). The van der Waals surface area contributed by atoms with Gasteiger partial charge in [0.1, 0.15) is 0 Å². The van der Waals surface area contributed by atoms with E-state index in [1.165, 1.54) is 6.42 Å². The molecular weight excluding hydrogens is 324 g/mol. The fraction of sp³-hybridized carbons (Fsp3) is 0.875. The van der Waals surface area contributed by atoms with Gasteiger partial charge in [-0.15, -0.1) is 5.10 Å². The Morgan fingerprint density at radius 1 is 1.28 bits per heavy atom. The molecule has 2 fully saturated rings. The molecule has 3 heterocycles. The number of hydrogen-bond donors (Lipinski definition) is 0. The third-order valence-electron chi connectivity index (χ3n) is 4.79. The van der Waals surface area contributed by atoms with E-state index in [0.29, 0.717) is 26.1 Å². The number of aromatic nitrogens is 4. The average molecular weight is 352 g/mol. The number of rotatable bonds is 7. The third-order valence-corrected chi connectivity index (χ3v) is 4.79. The Labute approximate surface area is 148 Å². The molecule has 0 radical (unpaired) electrons. The molecule has 2 aliphatic heterocycles. The fourth-order valence-corrected chi connectivity index (χ4v) is 3.22. The van der Waals surface area contributed by atoms with Crippen molar-refractivity contribution in [2.45, 2.75) is 44.9 Å². The summed E-state index contributed by atoms with van der Waals surface area (Å²) in [6, 6.07) is 0. The van der Waals surface area contributed by atoms with Crippen LogP contribution >= 0.6 is 0 Å². The van der Waals surface area contributed by atoms with E-state index in [0.717, 1.165) is 51.6 Å². The van der Waals surface area contributed by atoms with Crippen LogP contribution in [0.4, 0.5) is 0 Å². The van der Waals surface area contributed by atoms with Gasteiger partial charge in [-0.1, -0.05) is 0 Å². The van der Waals surface area contributed by atoms with Gasteiger partial charge in [-0.25, -0.2) is 4.68 Å². The smallest absolute Gasteiger partial charge is 0.224 e. The van der Waals surface area contributed by atoms with Crippen LogP contribution in [0.15, 0.2) is 0 Å². The molecule has 0 spiro atoms. The minimum Gasteiger partial charge on any atom is -0.379 e. The van der Waals surface area contributed by atoms with E-state index in [4.69, 9.17) is 9.47 Å². The van der Waals surface area contributed by atoms with Crippen molar-refractivity contribution in [2.75, 3.05) is 46.5 Å². The largest absolute Gasteiger partial charge is 0.379 e. The maximum atomic E-state index is 12.4. The molecule has 0 aromatic carbocycles. The van der Waals surface area contributed by atoms with E-state index in [1.54, 1.807) is 9.58 Å². The van der Waals surface area contributed by atoms with Crippen LogP contribution in [-0.4, -0.2) is 88.5 Å². The minimum absolute atomic E-state index is 0.0991. The van der Waals surface area contributed by atoms with Crippen LogP contribution < -0.4 is 0 Å². The minimum atomic E-state index is 0.0991. The van der Waals surface area contributed by atoms with Gasteiger partial charge in [0, 0.05) is 39.7 Å². The lowest BCUT2D eigenvalue weighted by molar-refractivity contribution is -0.132. The summed E-state index contributed by atoms with van der Waals surface area (Å²) in [6.45, 7) is 5.92. The van der Waals surface area contributed by atoms with Gasteiger partial charge in [-0.2, -0.15) is 0 Å². The van der Waals surface area contributed by atoms with Gasteiger partial charge in [0.15, 0.2) is 5.82 Å². The maximum absolute atomic E-state index is 12.4. The summed E-state index contributed by atoms with van der Waals surface area (Å²) >= 11 is 0. The zero-order valence-corrected chi connectivity index (χ0v) is 15.0. The van der Waals surface area contributed by atoms with Crippen molar-refractivity contribution < 1.29 is 14.3 Å². The molecule has 1 aromatic heterocycles. The number of amides is 1. The van der Waals surface area contributed by atoms with Crippen molar-refractivity contribution in [2.24, 2.45) is 0 Å². The number of ether oxygens (including phenoxy) is 2. The highest BCUT2D eigenvalue weighted by Gasteiger charge is 2.20. The number of morpholine rings is 1. The molecule has 25 heavy (non-hydrogen) atoms. The molecule has 9 heteroatoms. The van der Waals surface area contributed by atoms with Crippen LogP contribution in [0.2, 0.25) is 0 Å². The Balaban J connectivity index is 1.44. The molecular formula is C16H28N6O3. The number of hydrogen-bond acceptors (Lipinski definition) is 7. The van der Waals surface area contributed by atoms with Crippen molar-refractivity contribution in [3.63, 3.8) is 0 Å². The van der Waals surface area contributed by atoms with Crippen molar-refractivity contribution in [1.29, 1.82) is 0 Å². The first kappa shape index (κ1) is 18.2. The summed E-state index contributed by atoms with van der Waals surface area (Å²) in [7, 11) is 1.84. The summed E-state index contributed by atoms with van der Waals surface area (Å²) in [5, 5.41) is 11.9. The molecule has 0 saturated carbocycles. The zero-order chi connectivity index (χ0) is 17.5. The molecule has 2 saturated heterocycles. The fourth-order valence-electron chi connectivity index (χ4n) is 3.22. The maximum Gasteiger partial charge on any atom is 0.224 e. The summed E-state index contributed by atoms with van der Waals surface area (Å²) in [4.78, 5) is 16.4. The molecule has 1 atom stereocenters. The lowest BCUT2D eigenvalue weighted by atomic mass is 10.1. The lowest BCUT2D eigenvalue weighted by Gasteiger charge is -2.27. The molecule has 1 aromatic rings. The van der Waals surface area contributed by atoms with Crippen LogP contribution in [0, 0.1) is 0 Å². The second-order valence-electron chi connectivity index (χ2n) is 6.72. The second-order valence-corrected chi connectivity index (χ2v) is 6.72. The predicted octanol–water partition coefficient (Wildman–Crippen LogP) is -0.0771. The van der Waals surface area contributed by atoms with Gasteiger partial charge in [-0.3, -0.25) is 9.69 Å². The van der Waals surface area contributed by atoms with Crippen molar-refractivity contribution in [1.82, 2.24) is 30.0 Å². The van der Waals surface area contributed by atoms with Crippen molar-refractivity contribution in [3.05, 3.63) is 5.82 Å². The van der Waals surface area contributed by atoms with Gasteiger partial charge < -0.3 is 14.4 Å². The molecule has 0 unspecified atom stereocenters. The number of likely N-dealkylation sites (N-methyl/N-ethyl adjacent to an activating group) is 1. The Morgan fingerprint density at radius 3 is 2.88 bits per heavy atom. The van der Waals surface area contributed by atoms with Gasteiger partial charge in [-0.05, 0) is 29.7 Å². The van der Waals surface area contributed by atoms with Gasteiger partial charge in [0.25, 0.3) is 0 Å². The lowest BCUT2D eigenvalue weighted by Crippen LogP contribution is -2.38. The average Bonchev–Trinajstić information content (AvgIpc) is 3.08. The van der Waals surface area contributed by atoms with E-state index in [1.807, 2.05) is 7.05 Å². The molecule has 0 aliphatic carbocycles. The summed E-state index contributed by atoms with van der Waals surface area (Å²) in [6.07, 6.45) is 3.91. The number of tetrazole rings is 1. The topological polar surface area (TPSA) is 85.6 Å². The highest BCUT2D eigenvalue weighted by molar-refractivity contribution is 5.75. The van der Waals surface area contributed by atoms with E-state index in [9.17, 15) is 4.79 Å². The van der Waals surface area contributed by atoms with E-state index < -0.39 is 0 Å². The Hall–Kier alpha value is -1.58. The van der Waals surface area contributed by atoms with Crippen LogP contribution in [0.5, 0.6) is 0 Å². The molecule has 0 bridgehead atoms. The molecule has 0 N–H and O–H groups in total. The highest BCUT2D eigenvalue weighted by atomic mass is 16.5. The molecule has 9 nitrogen and oxygen atoms in total. The van der Waals surface area contributed by atoms with Gasteiger partial charge in [0.2, 0.25) is 5.91 Å². The third kappa shape index (κ3) is 5.45. The number of carbonyl (C=O) groups is 1. The van der Waals surface area contributed by atoms with Crippen LogP contribution in [0.1, 0.15) is 31.5 Å². The first-order valence-corrected chi connectivity index (χ1v) is 9.13. The summed E-state index contributed by atoms with van der Waals surface area (Å²) in [5.41, 5.74) is 0. The van der Waals surface area contributed by atoms with E-state index in [-0.39, 0.29) is 12.0 Å². The van der Waals surface area contributed by atoms with Crippen molar-refractivity contribution in [3.8, 4) is 0 Å². The van der Waals surface area contributed by atoms with Crippen LogP contribution in [0.3, 0.4) is 0 Å². The zero-order valence-electron chi connectivity index (χ0n) is 15.0. The Bertz CT molecular complexity index is 540. The number of carbonyl (C=O) groups excluding carboxylic acids is 1. The quantitative estimate of drug-likeness (QED) is 0.678. The van der Waals surface area contributed by atoms with E-state index >= 15 is 0 Å². The van der Waals surface area contributed by atoms with Gasteiger partial charge >= 0.3 is 0 Å². The van der Waals surface area contributed by atoms with Crippen molar-refractivity contribution >= 4 is 5.91 Å². The molecule has 2 aliphatic rings. The second kappa shape index (κ2) is 9.21. The van der Waals surface area contributed by atoms with Crippen LogP contribution in [-0.2, 0) is 27.4 Å². The SMILES string of the molecule is CN(C[C@H]1CCCCO1)C(=O)CCn1nnnc1CN1CCOCC1. The normalized spacial score (nSPS) is 22.0. The van der Waals surface area contributed by atoms with Gasteiger partial charge in [0.05, 0.1) is 32.4 Å². The monoisotopic (exact) mass is 352 g/mol. The summed E-state index contributed by atoms with van der Waals surface area (Å²) < 4.78 is 12.8. The number of aryl methyl sites for hydroxylation is 1. The van der Waals surface area contributed by atoms with Crippen LogP contribution in [0.25, 0.3) is 0 Å². The predicted molar refractivity (Wildman–Crippen MR) is 89.8 cm³/mol. The first-order chi connectivity index (χ1) is 12.2. The summed E-state index contributed by atoms with van der Waals surface area (Å²) in [5.74, 6) is 0.898. The molecule has 140 valence electrons. The number of nitrogens with zero attached hydrogens (tertiary/aromatic N) is 6. The Morgan fingerprint density at radius 2 is 2.12 bits per heavy atom. The highest BCUT2D eigenvalue weighted by Crippen LogP contribution is 2.14. The molecule has 1 amide bonds. The first-order valence-electron chi connectivity index (χ1n) is 9.13. The standard InChI is InChI=1S/C16H28N6O3/c1-20(12-14-4-2-3-9-25-14)16(23)5-6-22-15(17-18-19-22)13-21-7-10-24-11-8-21/h14H,2-13H2,1H3/t14-/m1/s1. The van der Waals surface area contributed by atoms with E-state index in [2.05, 4.69) is 20.4 Å².